The van der Waals surface area contributed by atoms with Crippen molar-refractivity contribution in [3.05, 3.63) is 15.1 Å². The van der Waals surface area contributed by atoms with Gasteiger partial charge in [0.15, 0.2) is 0 Å². The number of nitrogens with two attached hydrogens (primary N) is 1. The van der Waals surface area contributed by atoms with Crippen molar-refractivity contribution >= 4 is 28.4 Å². The molecule has 20 heavy (non-hydrogen) atoms. The highest BCUT2D eigenvalue weighted by Crippen LogP contribution is 2.19. The maximum absolute atomic E-state index is 11.9. The largest absolute Gasteiger partial charge is 0.411 e. The van der Waals surface area contributed by atoms with E-state index in [0.717, 1.165) is 15.7 Å². The van der Waals surface area contributed by atoms with Gasteiger partial charge in [0.25, 0.3) is 0 Å². The smallest absolute Gasteiger partial charge is 0.383 e. The number of alkyl halides is 3. The van der Waals surface area contributed by atoms with Crippen LogP contribution in [0.5, 0.6) is 0 Å². The average molecular weight is 403 g/mol. The molecule has 0 aliphatic heterocycles. The topological polar surface area (TPSA) is 61.0 Å². The summed E-state index contributed by atoms with van der Waals surface area (Å²) in [5.74, 6) is 1.19. The van der Waals surface area contributed by atoms with Crippen LogP contribution in [-0.4, -0.2) is 29.4 Å². The van der Waals surface area contributed by atoms with E-state index in [1.165, 1.54) is 0 Å². The molecule has 114 valence electrons. The molecule has 0 amide bonds. The lowest BCUT2D eigenvalue weighted by Gasteiger charge is -2.11. The molecular formula is C12H17F3IN3O. The van der Waals surface area contributed by atoms with Crippen molar-refractivity contribution in [3.8, 4) is 0 Å². The van der Waals surface area contributed by atoms with Crippen molar-refractivity contribution < 1.29 is 17.9 Å². The third-order valence-electron chi connectivity index (χ3n) is 2.33. The van der Waals surface area contributed by atoms with Gasteiger partial charge in [0.05, 0.1) is 15.9 Å². The van der Waals surface area contributed by atoms with E-state index in [1.54, 1.807) is 0 Å². The molecule has 0 saturated carbocycles. The molecule has 0 unspecified atom stereocenters. The summed E-state index contributed by atoms with van der Waals surface area (Å²) in [6, 6.07) is 0. The van der Waals surface area contributed by atoms with E-state index in [2.05, 4.69) is 51.1 Å². The van der Waals surface area contributed by atoms with Crippen molar-refractivity contribution in [2.45, 2.75) is 32.9 Å². The number of anilines is 1. The van der Waals surface area contributed by atoms with Crippen LogP contribution in [-0.2, 0) is 17.6 Å². The molecule has 1 aromatic heterocycles. The highest BCUT2D eigenvalue weighted by molar-refractivity contribution is 14.1. The second kappa shape index (κ2) is 7.39. The van der Waals surface area contributed by atoms with Gasteiger partial charge in [-0.3, -0.25) is 0 Å². The van der Waals surface area contributed by atoms with Crippen LogP contribution in [0.1, 0.15) is 25.4 Å². The maximum Gasteiger partial charge on any atom is 0.411 e. The van der Waals surface area contributed by atoms with Crippen LogP contribution in [0.4, 0.5) is 19.0 Å². The Bertz CT molecular complexity index is 452. The van der Waals surface area contributed by atoms with Gasteiger partial charge in [-0.25, -0.2) is 9.97 Å². The number of rotatable bonds is 6. The first kappa shape index (κ1) is 17.4. The molecule has 0 atom stereocenters. The van der Waals surface area contributed by atoms with E-state index in [4.69, 9.17) is 5.73 Å². The number of ether oxygens (including phenoxy) is 1. The van der Waals surface area contributed by atoms with E-state index < -0.39 is 12.8 Å². The zero-order chi connectivity index (χ0) is 15.3. The molecule has 0 spiro atoms. The molecule has 8 heteroatoms. The molecule has 1 heterocycles. The quantitative estimate of drug-likeness (QED) is 0.586. The highest BCUT2D eigenvalue weighted by Gasteiger charge is 2.27. The van der Waals surface area contributed by atoms with Gasteiger partial charge in [-0.05, 0) is 34.9 Å². The minimum atomic E-state index is -4.31. The predicted octanol–water partition coefficient (Wildman–Crippen LogP) is 2.98. The normalized spacial score (nSPS) is 12.2. The standard InChI is InChI=1S/C12H17F3IN3O/c1-7(2)5-8-10(16)11(17)19-9(18-8)3-4-20-6-12(13,14)15/h7H,3-6H2,1-2H3,(H2,17,18,19). The first-order valence-corrected chi connectivity index (χ1v) is 7.22. The number of hydrogen-bond donors (Lipinski definition) is 1. The molecule has 0 aliphatic rings. The summed E-state index contributed by atoms with van der Waals surface area (Å²) in [4.78, 5) is 8.42. The Morgan fingerprint density at radius 2 is 1.95 bits per heavy atom. The van der Waals surface area contributed by atoms with Crippen LogP contribution in [0.25, 0.3) is 0 Å². The fourth-order valence-corrected chi connectivity index (χ4v) is 2.01. The van der Waals surface area contributed by atoms with E-state index in [0.29, 0.717) is 17.6 Å². The summed E-state index contributed by atoms with van der Waals surface area (Å²) in [6.07, 6.45) is -3.35. The molecule has 2 N–H and O–H groups in total. The van der Waals surface area contributed by atoms with E-state index in [-0.39, 0.29) is 13.0 Å². The molecule has 0 bridgehead atoms. The molecule has 1 aromatic rings. The zero-order valence-electron chi connectivity index (χ0n) is 11.3. The molecule has 1 rings (SSSR count). The van der Waals surface area contributed by atoms with E-state index in [9.17, 15) is 13.2 Å². The molecule has 0 fully saturated rings. The molecule has 0 saturated heterocycles. The molecule has 0 aromatic carbocycles. The van der Waals surface area contributed by atoms with E-state index >= 15 is 0 Å². The zero-order valence-corrected chi connectivity index (χ0v) is 13.5. The summed E-state index contributed by atoms with van der Waals surface area (Å²) in [6.45, 7) is 2.77. The molecular weight excluding hydrogens is 386 g/mol. The van der Waals surface area contributed by atoms with Crippen molar-refractivity contribution in [2.75, 3.05) is 18.9 Å². The lowest BCUT2D eigenvalue weighted by Crippen LogP contribution is -2.18. The Kier molecular flexibility index (Phi) is 6.44. The number of nitrogens with zero attached hydrogens (tertiary/aromatic N) is 2. The first-order chi connectivity index (χ1) is 9.19. The van der Waals surface area contributed by atoms with Gasteiger partial charge >= 0.3 is 6.18 Å². The van der Waals surface area contributed by atoms with Crippen LogP contribution in [0.2, 0.25) is 0 Å². The maximum atomic E-state index is 11.9. The third kappa shape index (κ3) is 6.21. The van der Waals surface area contributed by atoms with Crippen molar-refractivity contribution in [2.24, 2.45) is 5.92 Å². The fourth-order valence-electron chi connectivity index (χ4n) is 1.55. The Balaban J connectivity index is 2.64. The molecule has 4 nitrogen and oxygen atoms in total. The third-order valence-corrected chi connectivity index (χ3v) is 3.50. The minimum absolute atomic E-state index is 0.0827. The van der Waals surface area contributed by atoms with Gasteiger partial charge in [0, 0.05) is 6.42 Å². The van der Waals surface area contributed by atoms with Gasteiger partial charge in [0.2, 0.25) is 0 Å². The van der Waals surface area contributed by atoms with Crippen molar-refractivity contribution in [1.29, 1.82) is 0 Å². The fraction of sp³-hybridized carbons (Fsp3) is 0.667. The summed E-state index contributed by atoms with van der Waals surface area (Å²) in [7, 11) is 0. The van der Waals surface area contributed by atoms with Gasteiger partial charge in [-0.1, -0.05) is 13.8 Å². The van der Waals surface area contributed by atoms with Crippen molar-refractivity contribution in [3.63, 3.8) is 0 Å². The first-order valence-electron chi connectivity index (χ1n) is 6.14. The second-order valence-electron chi connectivity index (χ2n) is 4.80. The van der Waals surface area contributed by atoms with Crippen LogP contribution in [0, 0.1) is 9.49 Å². The monoisotopic (exact) mass is 403 g/mol. The number of hydrogen-bond acceptors (Lipinski definition) is 4. The SMILES string of the molecule is CC(C)Cc1nc(CCOCC(F)(F)F)nc(N)c1I. The van der Waals surface area contributed by atoms with Crippen LogP contribution in [0.3, 0.4) is 0 Å². The summed E-state index contributed by atoms with van der Waals surface area (Å²) >= 11 is 2.08. The van der Waals surface area contributed by atoms with Gasteiger partial charge in [-0.2, -0.15) is 13.2 Å². The van der Waals surface area contributed by atoms with Crippen molar-refractivity contribution in [1.82, 2.24) is 9.97 Å². The van der Waals surface area contributed by atoms with Crippen LogP contribution in [0.15, 0.2) is 0 Å². The number of nitrogen functional groups attached to an aromatic ring is 1. The Morgan fingerprint density at radius 3 is 2.50 bits per heavy atom. The lowest BCUT2D eigenvalue weighted by atomic mass is 10.1. The number of aromatic nitrogens is 2. The summed E-state index contributed by atoms with van der Waals surface area (Å²) < 4.78 is 41.1. The second-order valence-corrected chi connectivity index (χ2v) is 5.88. The predicted molar refractivity (Wildman–Crippen MR) is 78.3 cm³/mol. The van der Waals surface area contributed by atoms with Gasteiger partial charge < -0.3 is 10.5 Å². The Labute approximate surface area is 129 Å². The number of halogens is 4. The molecule has 0 radical (unpaired) electrons. The van der Waals surface area contributed by atoms with Gasteiger partial charge in [0.1, 0.15) is 18.2 Å². The average Bonchev–Trinajstić information content (AvgIpc) is 2.29. The van der Waals surface area contributed by atoms with Gasteiger partial charge in [-0.15, -0.1) is 0 Å². The summed E-state index contributed by atoms with van der Waals surface area (Å²) in [5.41, 5.74) is 6.62. The lowest BCUT2D eigenvalue weighted by molar-refractivity contribution is -0.173. The minimum Gasteiger partial charge on any atom is -0.383 e. The Hall–Kier alpha value is -0.640. The van der Waals surface area contributed by atoms with E-state index in [1.807, 2.05) is 0 Å². The summed E-state index contributed by atoms with van der Waals surface area (Å²) in [5, 5.41) is 0. The Morgan fingerprint density at radius 1 is 1.30 bits per heavy atom. The molecule has 0 aliphatic carbocycles. The van der Waals surface area contributed by atoms with Crippen LogP contribution >= 0.6 is 22.6 Å². The van der Waals surface area contributed by atoms with Crippen LogP contribution < -0.4 is 5.73 Å². The highest BCUT2D eigenvalue weighted by atomic mass is 127.